The van der Waals surface area contributed by atoms with Crippen LogP contribution in [-0.4, -0.2) is 195 Å². The van der Waals surface area contributed by atoms with Crippen LogP contribution in [0.4, 0.5) is 0 Å². The number of aliphatic hydroxyl groups is 2. The SMILES string of the molecule is C1CO1.CO.CO[Si](CCCN(CCO)CCC[Si](OC)(OC)OC)(OC)OC.CO[Si](CCCNCCC[Si](OC)(OC)OC)(OC)OC.II.[CH2-]I.[V]. The molecule has 25 heteroatoms. The van der Waals surface area contributed by atoms with Crippen LogP contribution >= 0.6 is 59.8 Å². The van der Waals surface area contributed by atoms with Crippen LogP contribution in [0.3, 0.4) is 0 Å². The number of hydrogen-bond donors (Lipinski definition) is 3. The number of rotatable bonds is 30. The first kappa shape index (κ1) is 69.7. The third-order valence-corrected chi connectivity index (χ3v) is 19.3. The maximum Gasteiger partial charge on any atom is 0.500 e. The van der Waals surface area contributed by atoms with Crippen molar-refractivity contribution in [3.05, 3.63) is 4.93 Å². The Labute approximate surface area is 388 Å². The van der Waals surface area contributed by atoms with Crippen molar-refractivity contribution in [3.8, 4) is 0 Å². The first-order chi connectivity index (χ1) is 26.1. The minimum absolute atomic E-state index is 0. The Hall–Kier alpha value is 2.96. The van der Waals surface area contributed by atoms with E-state index in [0.717, 1.165) is 96.4 Å². The fourth-order valence-electron chi connectivity index (χ4n) is 4.72. The summed E-state index contributed by atoms with van der Waals surface area (Å²) in [6.45, 7) is 6.23. The molecule has 0 atom stereocenters. The van der Waals surface area contributed by atoms with E-state index >= 15 is 0 Å². The van der Waals surface area contributed by atoms with E-state index in [1.54, 1.807) is 85.3 Å². The van der Waals surface area contributed by atoms with Crippen LogP contribution in [0.15, 0.2) is 0 Å². The molecule has 0 unspecified atom stereocenters. The van der Waals surface area contributed by atoms with Crippen LogP contribution in [0.1, 0.15) is 25.7 Å². The molecule has 1 radical (unpaired) electrons. The van der Waals surface area contributed by atoms with E-state index in [1.807, 2.05) is 22.6 Å². The van der Waals surface area contributed by atoms with Gasteiger partial charge in [-0.2, -0.15) is 0 Å². The van der Waals surface area contributed by atoms with E-state index in [0.29, 0.717) is 6.54 Å². The molecule has 0 saturated carbocycles. The Morgan fingerprint density at radius 1 is 0.509 bits per heavy atom. The minimum atomic E-state index is -2.53. The first-order valence-electron chi connectivity index (χ1n) is 17.2. The Morgan fingerprint density at radius 3 is 0.909 bits per heavy atom. The van der Waals surface area contributed by atoms with Gasteiger partial charge in [-0.25, -0.2) is 0 Å². The molecule has 1 heterocycles. The normalized spacial score (nSPS) is 12.2. The van der Waals surface area contributed by atoms with Crippen LogP contribution in [0.5, 0.6) is 0 Å². The number of ether oxygens (including phenoxy) is 1. The molecule has 0 aliphatic carbocycles. The Balaban J connectivity index is -0.000000177. The van der Waals surface area contributed by atoms with Crippen LogP contribution in [-0.2, 0) is 76.4 Å². The number of nitrogens with zero attached hydrogens (tertiary/aromatic N) is 1. The standard InChI is InChI=1S/C14H35NO7Si2.C12H31NO6Si2.C2H4O.CH2I.CH4O.I2.V/c1-17-23(18-2,19-3)13-7-9-15(11-12-16)10-8-14-24(20-4,21-5)22-6;1-14-20(15-2,16-3)11-7-9-13-10-8-12-21(17-4,18-5)19-6;1-2-3-1;3*1-2;/h16H,7-14H2,1-6H3;13H,7-12H2,1-6H3;1-2H2;1H2;2H,1H3;;/q;;;-1;;;. The molecule has 0 amide bonds. The van der Waals surface area contributed by atoms with Gasteiger partial charge in [0.05, 0.1) is 19.8 Å². The number of aliphatic hydroxyl groups excluding tert-OH is 2. The van der Waals surface area contributed by atoms with Gasteiger partial charge in [-0.1, -0.05) is 0 Å². The van der Waals surface area contributed by atoms with E-state index in [9.17, 15) is 5.11 Å². The summed E-state index contributed by atoms with van der Waals surface area (Å²) in [5, 5.41) is 19.6. The molecule has 0 spiro atoms. The number of halogens is 3. The molecule has 339 valence electrons. The monoisotopic (exact) mass is 1250 g/mol. The van der Waals surface area contributed by atoms with Gasteiger partial charge in [-0.15, -0.1) is 0 Å². The van der Waals surface area contributed by atoms with Gasteiger partial charge in [0.15, 0.2) is 0 Å². The Morgan fingerprint density at radius 2 is 0.727 bits per heavy atom. The topological polar surface area (TPSA) is 179 Å². The van der Waals surface area contributed by atoms with Crippen molar-refractivity contribution in [3.63, 3.8) is 0 Å². The van der Waals surface area contributed by atoms with E-state index in [2.05, 4.69) is 57.1 Å². The molecular weight excluding hydrogens is 1170 g/mol. The van der Waals surface area contributed by atoms with Gasteiger partial charge in [0.1, 0.15) is 0 Å². The van der Waals surface area contributed by atoms with Crippen LogP contribution in [0.25, 0.3) is 0 Å². The molecular formula is C30H76I3N2O15Si4V-. The fourth-order valence-corrected chi connectivity index (χ4v) is 11.6. The van der Waals surface area contributed by atoms with Crippen LogP contribution < -0.4 is 5.32 Å². The summed E-state index contributed by atoms with van der Waals surface area (Å²) in [5.74, 6) is 0. The summed E-state index contributed by atoms with van der Waals surface area (Å²) in [4.78, 5) is 5.43. The smallest absolute Gasteiger partial charge is 0.400 e. The summed E-state index contributed by atoms with van der Waals surface area (Å²) in [6, 6.07) is 3.09. The van der Waals surface area contributed by atoms with Crippen molar-refractivity contribution in [2.75, 3.05) is 145 Å². The molecule has 1 rings (SSSR count). The van der Waals surface area contributed by atoms with Gasteiger partial charge < -0.3 is 101 Å². The van der Waals surface area contributed by atoms with Crippen molar-refractivity contribution in [2.24, 2.45) is 0 Å². The Kier molecular flexibility index (Phi) is 62.8. The zero-order chi connectivity index (χ0) is 42.8. The zero-order valence-electron chi connectivity index (χ0n) is 35.8. The molecule has 1 aliphatic rings. The summed E-state index contributed by atoms with van der Waals surface area (Å²) < 4.78 is 69.3. The second-order valence-corrected chi connectivity index (χ2v) is 22.9. The fraction of sp³-hybridized carbons (Fsp3) is 0.967. The average Bonchev–Trinajstić information content (AvgIpc) is 4.14. The minimum Gasteiger partial charge on any atom is -0.400 e. The van der Waals surface area contributed by atoms with Gasteiger partial charge in [-0.3, -0.25) is 4.93 Å². The summed E-state index contributed by atoms with van der Waals surface area (Å²) >= 11 is 6.14. The summed E-state index contributed by atoms with van der Waals surface area (Å²) in [5.41, 5.74) is 0. The molecule has 0 aromatic rings. The predicted molar refractivity (Wildman–Crippen MR) is 248 cm³/mol. The van der Waals surface area contributed by atoms with Crippen LogP contribution in [0, 0.1) is 4.93 Å². The maximum absolute atomic E-state index is 9.26. The predicted octanol–water partition coefficient (Wildman–Crippen LogP) is 4.54. The molecule has 0 aromatic carbocycles. The number of hydrogen-bond acceptors (Lipinski definition) is 17. The zero-order valence-corrected chi connectivity index (χ0v) is 47.6. The number of nitrogens with one attached hydrogen (secondary N) is 1. The van der Waals surface area contributed by atoms with Crippen molar-refractivity contribution in [1.29, 1.82) is 0 Å². The maximum atomic E-state index is 9.26. The van der Waals surface area contributed by atoms with Gasteiger partial charge in [0, 0.05) is 179 Å². The second kappa shape index (κ2) is 49.6. The third kappa shape index (κ3) is 36.2. The van der Waals surface area contributed by atoms with Gasteiger partial charge in [0.25, 0.3) is 0 Å². The Bertz CT molecular complexity index is 651. The molecule has 3 N–H and O–H groups in total. The van der Waals surface area contributed by atoms with Gasteiger partial charge >= 0.3 is 35.2 Å². The van der Waals surface area contributed by atoms with E-state index in [1.165, 1.54) is 0 Å². The molecule has 0 aromatic heterocycles. The molecule has 0 bridgehead atoms. The first-order valence-corrected chi connectivity index (χ1v) is 32.7. The van der Waals surface area contributed by atoms with Crippen LogP contribution in [0.2, 0.25) is 24.2 Å². The molecule has 1 aliphatic heterocycles. The van der Waals surface area contributed by atoms with E-state index in [4.69, 9.17) is 58.2 Å². The third-order valence-electron chi connectivity index (χ3n) is 7.94. The van der Waals surface area contributed by atoms with Crippen molar-refractivity contribution < 1.29 is 86.6 Å². The molecule has 1 fully saturated rings. The largest absolute Gasteiger partial charge is 0.500 e. The second-order valence-electron chi connectivity index (χ2n) is 10.5. The van der Waals surface area contributed by atoms with Gasteiger partial charge in [0.2, 0.25) is 0 Å². The van der Waals surface area contributed by atoms with Crippen molar-refractivity contribution >= 4 is 95.0 Å². The van der Waals surface area contributed by atoms with Gasteiger partial charge in [-0.05, 0) is 51.9 Å². The molecule has 1 saturated heterocycles. The molecule has 17 nitrogen and oxygen atoms in total. The van der Waals surface area contributed by atoms with E-state index in [-0.39, 0.29) is 25.2 Å². The number of epoxide rings is 1. The molecule has 55 heavy (non-hydrogen) atoms. The summed E-state index contributed by atoms with van der Waals surface area (Å²) in [7, 11) is 10.6. The van der Waals surface area contributed by atoms with Crippen molar-refractivity contribution in [1.82, 2.24) is 10.2 Å². The van der Waals surface area contributed by atoms with Crippen molar-refractivity contribution in [2.45, 2.75) is 49.9 Å². The van der Waals surface area contributed by atoms with E-state index < -0.39 is 35.2 Å². The quantitative estimate of drug-likeness (QED) is 0.0300. The average molecular weight is 1250 g/mol. The summed E-state index contributed by atoms with van der Waals surface area (Å²) in [6.07, 6.45) is 3.65.